The monoisotopic (exact) mass is 510 g/mol. The molecule has 0 aliphatic carbocycles. The second-order valence-corrected chi connectivity index (χ2v) is 8.81. The molecule has 0 bridgehead atoms. The Morgan fingerprint density at radius 1 is 0.875 bits per heavy atom. The van der Waals surface area contributed by atoms with Crippen molar-refractivity contribution >= 4 is 50.9 Å². The highest BCUT2D eigenvalue weighted by molar-refractivity contribution is 9.10. The number of carbonyl (C=O) groups is 3. The average Bonchev–Trinajstić information content (AvgIpc) is 3.04. The molecule has 0 aromatic heterocycles. The summed E-state index contributed by atoms with van der Waals surface area (Å²) in [5.74, 6) is -0.648. The topological polar surface area (TPSA) is 57.7 Å². The molecule has 0 spiro atoms. The van der Waals surface area contributed by atoms with Crippen molar-refractivity contribution < 1.29 is 14.4 Å². The van der Waals surface area contributed by atoms with Crippen LogP contribution in [0.5, 0.6) is 0 Å². The Bertz CT molecular complexity index is 1140. The van der Waals surface area contributed by atoms with Gasteiger partial charge in [-0.05, 0) is 67.4 Å². The Labute approximate surface area is 199 Å². The molecular formula is C25H20BrClN2O3. The normalized spacial score (nSPS) is 12.8. The Balaban J connectivity index is 1.44. The molecule has 32 heavy (non-hydrogen) atoms. The number of imide groups is 1. The summed E-state index contributed by atoms with van der Waals surface area (Å²) in [5, 5.41) is 0.592. The van der Waals surface area contributed by atoms with Gasteiger partial charge in [0.15, 0.2) is 0 Å². The van der Waals surface area contributed by atoms with Gasteiger partial charge in [-0.25, -0.2) is 0 Å². The highest BCUT2D eigenvalue weighted by atomic mass is 79.9. The molecule has 0 radical (unpaired) electrons. The lowest BCUT2D eigenvalue weighted by Gasteiger charge is -2.24. The van der Waals surface area contributed by atoms with Gasteiger partial charge in [-0.2, -0.15) is 0 Å². The van der Waals surface area contributed by atoms with E-state index in [4.69, 9.17) is 11.6 Å². The number of anilines is 1. The summed E-state index contributed by atoms with van der Waals surface area (Å²) in [7, 11) is 0. The summed E-state index contributed by atoms with van der Waals surface area (Å²) in [6.07, 6.45) is 1.21. The predicted octanol–water partition coefficient (Wildman–Crippen LogP) is 5.83. The lowest BCUT2D eigenvalue weighted by atomic mass is 10.1. The maximum atomic E-state index is 13.2. The maximum absolute atomic E-state index is 13.2. The van der Waals surface area contributed by atoms with Crippen molar-refractivity contribution in [1.82, 2.24) is 4.90 Å². The minimum absolute atomic E-state index is 0.130. The van der Waals surface area contributed by atoms with Crippen LogP contribution in [0.3, 0.4) is 0 Å². The van der Waals surface area contributed by atoms with Crippen molar-refractivity contribution in [1.29, 1.82) is 0 Å². The van der Waals surface area contributed by atoms with Crippen LogP contribution in [-0.4, -0.2) is 35.7 Å². The SMILES string of the molecule is O=C1c2ccccc2C(=O)N1CCCCN(C(=O)c1cccc(Br)c1)c1ccc(Cl)cc1. The van der Waals surface area contributed by atoms with Gasteiger partial charge in [-0.1, -0.05) is 45.7 Å². The predicted molar refractivity (Wildman–Crippen MR) is 128 cm³/mol. The molecule has 0 saturated carbocycles. The van der Waals surface area contributed by atoms with Crippen LogP contribution in [0.25, 0.3) is 0 Å². The number of halogens is 2. The van der Waals surface area contributed by atoms with Crippen molar-refractivity contribution in [2.24, 2.45) is 0 Å². The molecule has 0 N–H and O–H groups in total. The van der Waals surface area contributed by atoms with E-state index in [9.17, 15) is 14.4 Å². The lowest BCUT2D eigenvalue weighted by Crippen LogP contribution is -2.34. The van der Waals surface area contributed by atoms with Crippen LogP contribution in [0.15, 0.2) is 77.3 Å². The second-order valence-electron chi connectivity index (χ2n) is 7.46. The third-order valence-corrected chi connectivity index (χ3v) is 6.09. The van der Waals surface area contributed by atoms with E-state index in [-0.39, 0.29) is 17.7 Å². The first-order valence-corrected chi connectivity index (χ1v) is 11.4. The van der Waals surface area contributed by atoms with Crippen LogP contribution in [0.1, 0.15) is 43.9 Å². The van der Waals surface area contributed by atoms with Crippen molar-refractivity contribution in [2.75, 3.05) is 18.0 Å². The molecule has 1 aliphatic rings. The molecule has 7 heteroatoms. The largest absolute Gasteiger partial charge is 0.308 e. The van der Waals surface area contributed by atoms with Gasteiger partial charge in [0.05, 0.1) is 11.1 Å². The Kier molecular flexibility index (Phi) is 6.72. The summed E-state index contributed by atoms with van der Waals surface area (Å²) in [5.41, 5.74) is 2.20. The zero-order chi connectivity index (χ0) is 22.7. The number of fused-ring (bicyclic) bond motifs is 1. The summed E-state index contributed by atoms with van der Waals surface area (Å²) in [6.45, 7) is 0.752. The quantitative estimate of drug-likeness (QED) is 0.296. The molecule has 4 rings (SSSR count). The van der Waals surface area contributed by atoms with Crippen LogP contribution in [0, 0.1) is 0 Å². The highest BCUT2D eigenvalue weighted by Gasteiger charge is 2.34. The second kappa shape index (κ2) is 9.67. The third-order valence-electron chi connectivity index (χ3n) is 5.35. The number of rotatable bonds is 7. The molecule has 162 valence electrons. The minimum atomic E-state index is -0.259. The number of nitrogens with zero attached hydrogens (tertiary/aromatic N) is 2. The van der Waals surface area contributed by atoms with Crippen molar-refractivity contribution in [2.45, 2.75) is 12.8 Å². The van der Waals surface area contributed by atoms with Crippen LogP contribution in [-0.2, 0) is 0 Å². The van der Waals surface area contributed by atoms with Gasteiger partial charge in [0.1, 0.15) is 0 Å². The first-order valence-electron chi connectivity index (χ1n) is 10.2. The van der Waals surface area contributed by atoms with Gasteiger partial charge in [0, 0.05) is 33.8 Å². The fourth-order valence-electron chi connectivity index (χ4n) is 3.73. The molecule has 3 aromatic carbocycles. The number of carbonyl (C=O) groups excluding carboxylic acids is 3. The van der Waals surface area contributed by atoms with Gasteiger partial charge in [-0.15, -0.1) is 0 Å². The van der Waals surface area contributed by atoms with Crippen molar-refractivity contribution in [3.05, 3.63) is 99.0 Å². The molecule has 5 nitrogen and oxygen atoms in total. The fourth-order valence-corrected chi connectivity index (χ4v) is 4.25. The van der Waals surface area contributed by atoms with E-state index in [1.807, 2.05) is 24.3 Å². The fraction of sp³-hybridized carbons (Fsp3) is 0.160. The zero-order valence-corrected chi connectivity index (χ0v) is 19.5. The number of unbranched alkanes of at least 4 members (excludes halogenated alkanes) is 1. The number of hydrogen-bond donors (Lipinski definition) is 0. The van der Waals surface area contributed by atoms with E-state index < -0.39 is 0 Å². The van der Waals surface area contributed by atoms with E-state index >= 15 is 0 Å². The van der Waals surface area contributed by atoms with Crippen LogP contribution >= 0.6 is 27.5 Å². The minimum Gasteiger partial charge on any atom is -0.308 e. The van der Waals surface area contributed by atoms with E-state index in [0.29, 0.717) is 47.6 Å². The first kappa shape index (κ1) is 22.2. The van der Waals surface area contributed by atoms with E-state index in [0.717, 1.165) is 10.2 Å². The molecule has 3 amide bonds. The Hall–Kier alpha value is -2.96. The average molecular weight is 512 g/mol. The van der Waals surface area contributed by atoms with Crippen molar-refractivity contribution in [3.8, 4) is 0 Å². The maximum Gasteiger partial charge on any atom is 0.261 e. The van der Waals surface area contributed by atoms with Crippen LogP contribution in [0.4, 0.5) is 5.69 Å². The van der Waals surface area contributed by atoms with Gasteiger partial charge < -0.3 is 4.90 Å². The Morgan fingerprint density at radius 2 is 1.53 bits per heavy atom. The van der Waals surface area contributed by atoms with Gasteiger partial charge in [0.2, 0.25) is 0 Å². The zero-order valence-electron chi connectivity index (χ0n) is 17.1. The molecule has 0 atom stereocenters. The number of amides is 3. The van der Waals surface area contributed by atoms with Gasteiger partial charge in [-0.3, -0.25) is 19.3 Å². The standard InChI is InChI=1S/C25H20BrClN2O3/c26-18-7-5-6-17(16-18)23(30)28(20-12-10-19(27)11-13-20)14-3-4-15-29-24(31)21-8-1-2-9-22(21)25(29)32/h1-2,5-13,16H,3-4,14-15H2. The molecule has 1 heterocycles. The molecule has 0 saturated heterocycles. The van der Waals surface area contributed by atoms with E-state index in [1.54, 1.807) is 53.4 Å². The van der Waals surface area contributed by atoms with E-state index in [1.165, 1.54) is 4.90 Å². The van der Waals surface area contributed by atoms with Gasteiger partial charge >= 0.3 is 0 Å². The van der Waals surface area contributed by atoms with Crippen molar-refractivity contribution in [3.63, 3.8) is 0 Å². The number of hydrogen-bond acceptors (Lipinski definition) is 3. The smallest absolute Gasteiger partial charge is 0.261 e. The molecule has 3 aromatic rings. The molecule has 0 fully saturated rings. The molecular weight excluding hydrogens is 492 g/mol. The van der Waals surface area contributed by atoms with E-state index in [2.05, 4.69) is 15.9 Å². The first-order chi connectivity index (χ1) is 15.5. The van der Waals surface area contributed by atoms with Gasteiger partial charge in [0.25, 0.3) is 17.7 Å². The van der Waals surface area contributed by atoms with Crippen LogP contribution < -0.4 is 4.90 Å². The number of benzene rings is 3. The third kappa shape index (κ3) is 4.61. The molecule has 0 unspecified atom stereocenters. The van der Waals surface area contributed by atoms with Crippen LogP contribution in [0.2, 0.25) is 5.02 Å². The Morgan fingerprint density at radius 3 is 2.16 bits per heavy atom. The summed E-state index contributed by atoms with van der Waals surface area (Å²) < 4.78 is 0.824. The summed E-state index contributed by atoms with van der Waals surface area (Å²) >= 11 is 9.43. The summed E-state index contributed by atoms with van der Waals surface area (Å²) in [4.78, 5) is 41.3. The highest BCUT2D eigenvalue weighted by Crippen LogP contribution is 2.24. The molecule has 1 aliphatic heterocycles. The summed E-state index contributed by atoms with van der Waals surface area (Å²) in [6, 6.07) is 21.2. The lowest BCUT2D eigenvalue weighted by molar-refractivity contribution is 0.0651.